The summed E-state index contributed by atoms with van der Waals surface area (Å²) in [4.78, 5) is 4.78. The summed E-state index contributed by atoms with van der Waals surface area (Å²) in [5.74, 6) is 1.67. The molecule has 2 aliphatic carbocycles. The highest BCUT2D eigenvalue weighted by molar-refractivity contribution is 6.07. The van der Waals surface area contributed by atoms with Gasteiger partial charge in [0.15, 0.2) is 0 Å². The predicted molar refractivity (Wildman–Crippen MR) is 294 cm³/mol. The zero-order valence-electron chi connectivity index (χ0n) is 39.6. The molecule has 0 spiro atoms. The summed E-state index contributed by atoms with van der Waals surface area (Å²) >= 11 is 0. The normalized spacial score (nSPS) is 13.8. The molecule has 14 rings (SSSR count). The second-order valence-corrected chi connectivity index (χ2v) is 19.6. The Morgan fingerprint density at radius 1 is 0.296 bits per heavy atom. The second kappa shape index (κ2) is 15.8. The minimum absolute atomic E-state index is 0.185. The summed E-state index contributed by atoms with van der Waals surface area (Å²) in [7, 11) is 0. The third kappa shape index (κ3) is 6.16. The molecule has 1 heterocycles. The Bertz CT molecular complexity index is 3800. The van der Waals surface area contributed by atoms with Gasteiger partial charge in [-0.1, -0.05) is 190 Å². The number of ether oxygens (including phenoxy) is 1. The van der Waals surface area contributed by atoms with Crippen LogP contribution in [0.1, 0.15) is 47.2 Å². The molecule has 0 aromatic heterocycles. The Morgan fingerprint density at radius 3 is 1.42 bits per heavy atom. The Morgan fingerprint density at radius 2 is 0.775 bits per heavy atom. The molecule has 11 aromatic rings. The zero-order valence-corrected chi connectivity index (χ0v) is 39.6. The average molecular weight is 909 g/mol. The van der Waals surface area contributed by atoms with Crippen molar-refractivity contribution in [2.45, 2.75) is 24.7 Å². The highest BCUT2D eigenvalue weighted by Crippen LogP contribution is 2.59. The quantitative estimate of drug-likeness (QED) is 0.151. The third-order valence-electron chi connectivity index (χ3n) is 15.5. The van der Waals surface area contributed by atoms with Crippen LogP contribution in [0.2, 0.25) is 0 Å². The van der Waals surface area contributed by atoms with Crippen molar-refractivity contribution in [1.29, 1.82) is 0 Å². The highest BCUT2D eigenvalue weighted by atomic mass is 16.5. The van der Waals surface area contributed by atoms with Crippen molar-refractivity contribution < 1.29 is 4.74 Å². The molecule has 0 fully saturated rings. The first kappa shape index (κ1) is 41.1. The number of para-hydroxylation sites is 2. The van der Waals surface area contributed by atoms with Gasteiger partial charge in [-0.3, -0.25) is 0 Å². The Balaban J connectivity index is 0.978. The smallest absolute Gasteiger partial charge is 0.138 e. The van der Waals surface area contributed by atoms with Gasteiger partial charge < -0.3 is 14.5 Å². The first-order valence-electron chi connectivity index (χ1n) is 24.7. The molecule has 0 saturated heterocycles. The number of hydrogen-bond acceptors (Lipinski definition) is 3. The van der Waals surface area contributed by atoms with Crippen molar-refractivity contribution in [3.63, 3.8) is 0 Å². The van der Waals surface area contributed by atoms with Gasteiger partial charge >= 0.3 is 0 Å². The molecule has 11 aromatic carbocycles. The summed E-state index contributed by atoms with van der Waals surface area (Å²) < 4.78 is 7.13. The van der Waals surface area contributed by atoms with Gasteiger partial charge in [0.2, 0.25) is 0 Å². The lowest BCUT2D eigenvalue weighted by atomic mass is 9.67. The van der Waals surface area contributed by atoms with E-state index in [1.165, 1.54) is 55.6 Å². The number of rotatable bonds is 8. The van der Waals surface area contributed by atoms with Crippen LogP contribution in [0.5, 0.6) is 11.5 Å². The molecule has 0 unspecified atom stereocenters. The summed E-state index contributed by atoms with van der Waals surface area (Å²) in [6.07, 6.45) is 0. The maximum atomic E-state index is 7.13. The largest absolute Gasteiger partial charge is 0.456 e. The van der Waals surface area contributed by atoms with Crippen molar-refractivity contribution >= 4 is 44.9 Å². The standard InChI is InChI=1S/C68H48N2O/c1-67(2)60-32-17-15-29-54(60)56-37-34-51(42-62(56)67)70(52-35-38-57-55-30-16-18-33-61(55)68(63(57)43-52,46-21-7-3-8-22-46)47-23-9-4-10-24-47)53-40-45-20-19-31-58-59-41-50(36-39-64(59)71-65(44-53)66(45)58)69(48-25-11-5-12-26-48)49-27-13-6-14-28-49/h3-44H,1-2H3. The fourth-order valence-corrected chi connectivity index (χ4v) is 12.3. The van der Waals surface area contributed by atoms with Crippen LogP contribution in [0.4, 0.5) is 34.1 Å². The minimum Gasteiger partial charge on any atom is -0.456 e. The molecule has 3 nitrogen and oxygen atoms in total. The summed E-state index contributed by atoms with van der Waals surface area (Å²) in [6.45, 7) is 4.73. The fourth-order valence-electron chi connectivity index (χ4n) is 12.3. The SMILES string of the molecule is CC1(C)c2ccccc2-c2ccc(N(c3ccc4c(c3)C(c3ccccc3)(c3ccccc3)c3ccccc3-4)c3cc4c5c(cccc5c3)-c3cc(N(c5ccccc5)c5ccccc5)ccc3O4)cc21. The Kier molecular flexibility index (Phi) is 9.15. The predicted octanol–water partition coefficient (Wildman–Crippen LogP) is 18.2. The van der Waals surface area contributed by atoms with Crippen LogP contribution in [0.25, 0.3) is 44.2 Å². The molecule has 0 atom stereocenters. The van der Waals surface area contributed by atoms with Crippen LogP contribution in [-0.2, 0) is 10.8 Å². The monoisotopic (exact) mass is 908 g/mol. The van der Waals surface area contributed by atoms with E-state index in [-0.39, 0.29) is 5.41 Å². The number of fused-ring (bicyclic) bond motifs is 8. The van der Waals surface area contributed by atoms with E-state index in [4.69, 9.17) is 4.74 Å². The molecule has 1 aliphatic heterocycles. The van der Waals surface area contributed by atoms with Gasteiger partial charge in [0.1, 0.15) is 11.5 Å². The van der Waals surface area contributed by atoms with Crippen LogP contribution in [0.3, 0.4) is 0 Å². The lowest BCUT2D eigenvalue weighted by molar-refractivity contribution is 0.487. The molecule has 3 heteroatoms. The molecule has 0 saturated carbocycles. The van der Waals surface area contributed by atoms with Gasteiger partial charge in [-0.15, -0.1) is 0 Å². The molecule has 0 bridgehead atoms. The van der Waals surface area contributed by atoms with E-state index in [0.717, 1.165) is 67.5 Å². The van der Waals surface area contributed by atoms with Crippen LogP contribution >= 0.6 is 0 Å². The van der Waals surface area contributed by atoms with E-state index in [1.54, 1.807) is 0 Å². The van der Waals surface area contributed by atoms with Gasteiger partial charge in [0.25, 0.3) is 0 Å². The number of hydrogen-bond donors (Lipinski definition) is 0. The summed E-state index contributed by atoms with van der Waals surface area (Å²) in [5.41, 5.74) is 20.8. The maximum absolute atomic E-state index is 7.13. The zero-order chi connectivity index (χ0) is 47.3. The Hall–Kier alpha value is -8.92. The van der Waals surface area contributed by atoms with Crippen LogP contribution in [-0.4, -0.2) is 0 Å². The molecule has 0 amide bonds. The van der Waals surface area contributed by atoms with E-state index in [9.17, 15) is 0 Å². The van der Waals surface area contributed by atoms with Gasteiger partial charge in [-0.25, -0.2) is 0 Å². The molecular formula is C68H48N2O. The Labute approximate surface area is 415 Å². The molecular weight excluding hydrogens is 861 g/mol. The van der Waals surface area contributed by atoms with Crippen LogP contribution in [0, 0.1) is 0 Å². The maximum Gasteiger partial charge on any atom is 0.138 e. The van der Waals surface area contributed by atoms with E-state index in [0.29, 0.717) is 0 Å². The number of nitrogens with zero attached hydrogens (tertiary/aromatic N) is 2. The van der Waals surface area contributed by atoms with Crippen molar-refractivity contribution in [3.8, 4) is 44.9 Å². The van der Waals surface area contributed by atoms with Crippen LogP contribution < -0.4 is 14.5 Å². The second-order valence-electron chi connectivity index (χ2n) is 19.6. The van der Waals surface area contributed by atoms with E-state index in [2.05, 4.69) is 278 Å². The minimum atomic E-state index is -0.551. The van der Waals surface area contributed by atoms with Gasteiger partial charge in [-0.2, -0.15) is 0 Å². The van der Waals surface area contributed by atoms with Crippen LogP contribution in [0.15, 0.2) is 255 Å². The van der Waals surface area contributed by atoms with Crippen molar-refractivity contribution in [2.24, 2.45) is 0 Å². The fraction of sp³-hybridized carbons (Fsp3) is 0.0588. The van der Waals surface area contributed by atoms with E-state index in [1.807, 2.05) is 0 Å². The average Bonchev–Trinajstić information content (AvgIpc) is 3.85. The topological polar surface area (TPSA) is 15.7 Å². The summed E-state index contributed by atoms with van der Waals surface area (Å²) in [6, 6.07) is 93.4. The third-order valence-corrected chi connectivity index (χ3v) is 15.5. The van der Waals surface area contributed by atoms with Gasteiger partial charge in [-0.05, 0) is 139 Å². The molecule has 0 N–H and O–H groups in total. The van der Waals surface area contributed by atoms with E-state index < -0.39 is 5.41 Å². The van der Waals surface area contributed by atoms with Gasteiger partial charge in [0.05, 0.1) is 11.1 Å². The number of anilines is 6. The molecule has 0 radical (unpaired) electrons. The molecule has 71 heavy (non-hydrogen) atoms. The van der Waals surface area contributed by atoms with Crippen molar-refractivity contribution in [1.82, 2.24) is 0 Å². The van der Waals surface area contributed by atoms with Crippen molar-refractivity contribution in [3.05, 3.63) is 288 Å². The first-order chi connectivity index (χ1) is 35.0. The first-order valence-corrected chi connectivity index (χ1v) is 24.7. The van der Waals surface area contributed by atoms with Gasteiger partial charge in [0, 0.05) is 50.9 Å². The van der Waals surface area contributed by atoms with Crippen molar-refractivity contribution in [2.75, 3.05) is 9.80 Å². The molecule has 3 aliphatic rings. The van der Waals surface area contributed by atoms with E-state index >= 15 is 0 Å². The lowest BCUT2D eigenvalue weighted by Crippen LogP contribution is -2.28. The number of benzene rings is 11. The highest BCUT2D eigenvalue weighted by Gasteiger charge is 2.46. The molecule has 336 valence electrons. The lowest BCUT2D eigenvalue weighted by Gasteiger charge is -2.35. The summed E-state index contributed by atoms with van der Waals surface area (Å²) in [5, 5.41) is 2.22.